The molecule has 1 aromatic rings. The zero-order valence-corrected chi connectivity index (χ0v) is 13.3. The Bertz CT molecular complexity index is 411. The van der Waals surface area contributed by atoms with Gasteiger partial charge in [-0.3, -0.25) is 14.4 Å². The van der Waals surface area contributed by atoms with E-state index in [9.17, 15) is 4.79 Å². The Morgan fingerprint density at radius 3 is 2.55 bits per heavy atom. The average Bonchev–Trinajstić information content (AvgIpc) is 2.87. The molecule has 5 heteroatoms. The molecular weight excluding hydrogens is 254 g/mol. The Labute approximate surface area is 121 Å². The van der Waals surface area contributed by atoms with Gasteiger partial charge in [-0.25, -0.2) is 0 Å². The number of rotatable bonds is 8. The summed E-state index contributed by atoms with van der Waals surface area (Å²) in [5, 5.41) is 4.63. The van der Waals surface area contributed by atoms with E-state index in [1.165, 1.54) is 7.11 Å². The van der Waals surface area contributed by atoms with E-state index >= 15 is 0 Å². The maximum Gasteiger partial charge on any atom is 0.319 e. The number of carbonyl (C=O) groups is 1. The van der Waals surface area contributed by atoms with Crippen molar-refractivity contribution in [1.29, 1.82) is 0 Å². The molecule has 1 rings (SSSR count). The summed E-state index contributed by atoms with van der Waals surface area (Å²) >= 11 is 0. The second kappa shape index (κ2) is 8.04. The number of esters is 1. The molecule has 1 aromatic heterocycles. The lowest BCUT2D eigenvalue weighted by atomic mass is 10.2. The van der Waals surface area contributed by atoms with Crippen molar-refractivity contribution >= 4 is 5.97 Å². The molecule has 0 saturated heterocycles. The Balaban J connectivity index is 2.72. The summed E-state index contributed by atoms with van der Waals surface area (Å²) in [6, 6.07) is 2.76. The summed E-state index contributed by atoms with van der Waals surface area (Å²) in [4.78, 5) is 13.5. The summed E-state index contributed by atoms with van der Waals surface area (Å²) in [6.07, 6.45) is 4.19. The number of nitrogens with zero attached hydrogens (tertiary/aromatic N) is 3. The van der Waals surface area contributed by atoms with Crippen molar-refractivity contribution in [1.82, 2.24) is 14.7 Å². The fourth-order valence-corrected chi connectivity index (χ4v) is 2.19. The highest BCUT2D eigenvalue weighted by molar-refractivity contribution is 5.71. The number of methoxy groups -OCH3 is 1. The van der Waals surface area contributed by atoms with E-state index in [-0.39, 0.29) is 12.0 Å². The van der Waals surface area contributed by atoms with Crippen LogP contribution in [0.3, 0.4) is 0 Å². The molecule has 0 aliphatic rings. The van der Waals surface area contributed by atoms with Crippen LogP contribution < -0.4 is 0 Å². The van der Waals surface area contributed by atoms with E-state index in [1.807, 2.05) is 16.9 Å². The first-order chi connectivity index (χ1) is 9.51. The molecule has 20 heavy (non-hydrogen) atoms. The SMILES string of the molecule is CCC(CC)n1ccc(CN(CC(=O)OC)C(C)C)n1. The topological polar surface area (TPSA) is 47.4 Å². The van der Waals surface area contributed by atoms with Crippen molar-refractivity contribution in [3.63, 3.8) is 0 Å². The number of carbonyl (C=O) groups excluding carboxylic acids is 1. The van der Waals surface area contributed by atoms with Crippen molar-refractivity contribution in [3.8, 4) is 0 Å². The van der Waals surface area contributed by atoms with E-state index in [0.29, 0.717) is 19.1 Å². The Morgan fingerprint density at radius 1 is 1.40 bits per heavy atom. The van der Waals surface area contributed by atoms with Gasteiger partial charge in [0.15, 0.2) is 0 Å². The second-order valence-electron chi connectivity index (χ2n) is 5.33. The third-order valence-corrected chi connectivity index (χ3v) is 3.64. The highest BCUT2D eigenvalue weighted by atomic mass is 16.5. The van der Waals surface area contributed by atoms with Gasteiger partial charge in [0.2, 0.25) is 0 Å². The molecule has 0 fully saturated rings. The molecule has 0 unspecified atom stereocenters. The predicted molar refractivity (Wildman–Crippen MR) is 79.4 cm³/mol. The Morgan fingerprint density at radius 2 is 2.05 bits per heavy atom. The smallest absolute Gasteiger partial charge is 0.319 e. The van der Waals surface area contributed by atoms with Crippen LogP contribution >= 0.6 is 0 Å². The van der Waals surface area contributed by atoms with Crippen molar-refractivity contribution < 1.29 is 9.53 Å². The highest BCUT2D eigenvalue weighted by Crippen LogP contribution is 2.15. The minimum absolute atomic E-state index is 0.210. The van der Waals surface area contributed by atoms with Crippen LogP contribution in [0.1, 0.15) is 52.3 Å². The van der Waals surface area contributed by atoms with Gasteiger partial charge < -0.3 is 4.74 Å². The highest BCUT2D eigenvalue weighted by Gasteiger charge is 2.16. The van der Waals surface area contributed by atoms with Crippen LogP contribution in [0.5, 0.6) is 0 Å². The molecule has 0 bridgehead atoms. The lowest BCUT2D eigenvalue weighted by Crippen LogP contribution is -2.35. The van der Waals surface area contributed by atoms with Gasteiger partial charge in [0, 0.05) is 18.8 Å². The maximum atomic E-state index is 11.4. The minimum Gasteiger partial charge on any atom is -0.468 e. The molecule has 5 nitrogen and oxygen atoms in total. The fraction of sp³-hybridized carbons (Fsp3) is 0.733. The molecule has 0 amide bonds. The summed E-state index contributed by atoms with van der Waals surface area (Å²) in [6.45, 7) is 9.45. The van der Waals surface area contributed by atoms with Crippen LogP contribution in [-0.4, -0.2) is 40.3 Å². The first-order valence-corrected chi connectivity index (χ1v) is 7.36. The lowest BCUT2D eigenvalue weighted by molar-refractivity contribution is -0.142. The summed E-state index contributed by atoms with van der Waals surface area (Å²) in [5.41, 5.74) is 0.995. The van der Waals surface area contributed by atoms with E-state index in [4.69, 9.17) is 4.74 Å². The van der Waals surface area contributed by atoms with Gasteiger partial charge >= 0.3 is 5.97 Å². The Hall–Kier alpha value is -1.36. The van der Waals surface area contributed by atoms with Crippen molar-refractivity contribution in [3.05, 3.63) is 18.0 Å². The minimum atomic E-state index is -0.210. The zero-order chi connectivity index (χ0) is 15.1. The van der Waals surface area contributed by atoms with Gasteiger partial charge in [-0.2, -0.15) is 5.10 Å². The van der Waals surface area contributed by atoms with Crippen molar-refractivity contribution in [2.75, 3.05) is 13.7 Å². The summed E-state index contributed by atoms with van der Waals surface area (Å²) < 4.78 is 6.77. The molecule has 0 radical (unpaired) electrons. The van der Waals surface area contributed by atoms with Gasteiger partial charge in [0.05, 0.1) is 25.4 Å². The molecule has 0 spiro atoms. The van der Waals surface area contributed by atoms with Crippen LogP contribution in [0.25, 0.3) is 0 Å². The summed E-state index contributed by atoms with van der Waals surface area (Å²) in [7, 11) is 1.42. The molecule has 0 aliphatic heterocycles. The van der Waals surface area contributed by atoms with Crippen molar-refractivity contribution in [2.24, 2.45) is 0 Å². The van der Waals surface area contributed by atoms with Crippen LogP contribution in [0.4, 0.5) is 0 Å². The molecular formula is C15H27N3O2. The van der Waals surface area contributed by atoms with Crippen molar-refractivity contribution in [2.45, 2.75) is 59.2 Å². The number of aromatic nitrogens is 2. The van der Waals surface area contributed by atoms with E-state index in [0.717, 1.165) is 18.5 Å². The normalized spacial score (nSPS) is 11.6. The molecule has 0 aromatic carbocycles. The van der Waals surface area contributed by atoms with Crippen LogP contribution in [-0.2, 0) is 16.1 Å². The number of hydrogen-bond donors (Lipinski definition) is 0. The Kier molecular flexibility index (Phi) is 6.71. The molecule has 0 N–H and O–H groups in total. The first kappa shape index (κ1) is 16.7. The third-order valence-electron chi connectivity index (χ3n) is 3.64. The second-order valence-corrected chi connectivity index (χ2v) is 5.33. The number of ether oxygens (including phenoxy) is 1. The van der Waals surface area contributed by atoms with Crippen LogP contribution in [0.15, 0.2) is 12.3 Å². The zero-order valence-electron chi connectivity index (χ0n) is 13.3. The lowest BCUT2D eigenvalue weighted by Gasteiger charge is -2.24. The quantitative estimate of drug-likeness (QED) is 0.687. The third kappa shape index (κ3) is 4.63. The number of hydrogen-bond acceptors (Lipinski definition) is 4. The molecule has 0 atom stereocenters. The molecule has 0 aliphatic carbocycles. The molecule has 0 saturated carbocycles. The van der Waals surface area contributed by atoms with Crippen LogP contribution in [0.2, 0.25) is 0 Å². The maximum absolute atomic E-state index is 11.4. The van der Waals surface area contributed by atoms with Gasteiger partial charge in [0.25, 0.3) is 0 Å². The van der Waals surface area contributed by atoms with Gasteiger partial charge in [-0.05, 0) is 32.8 Å². The molecule has 114 valence electrons. The average molecular weight is 281 g/mol. The summed E-state index contributed by atoms with van der Waals surface area (Å²) in [5.74, 6) is -0.210. The standard InChI is InChI=1S/C15H27N3O2/c1-6-14(7-2)18-9-8-13(16-18)10-17(12(3)4)11-15(19)20-5/h8-9,12,14H,6-7,10-11H2,1-5H3. The largest absolute Gasteiger partial charge is 0.468 e. The van der Waals surface area contributed by atoms with E-state index in [2.05, 4.69) is 37.7 Å². The fourth-order valence-electron chi connectivity index (χ4n) is 2.19. The van der Waals surface area contributed by atoms with Crippen LogP contribution in [0, 0.1) is 0 Å². The van der Waals surface area contributed by atoms with E-state index < -0.39 is 0 Å². The van der Waals surface area contributed by atoms with Gasteiger partial charge in [-0.15, -0.1) is 0 Å². The molecule has 1 heterocycles. The van der Waals surface area contributed by atoms with Gasteiger partial charge in [0.1, 0.15) is 0 Å². The van der Waals surface area contributed by atoms with E-state index in [1.54, 1.807) is 0 Å². The predicted octanol–water partition coefficient (Wildman–Crippen LogP) is 2.63. The first-order valence-electron chi connectivity index (χ1n) is 7.36. The monoisotopic (exact) mass is 281 g/mol. The van der Waals surface area contributed by atoms with Gasteiger partial charge in [-0.1, -0.05) is 13.8 Å².